The summed E-state index contributed by atoms with van der Waals surface area (Å²) >= 11 is 10.1. The molecule has 0 bridgehead atoms. The van der Waals surface area contributed by atoms with Crippen molar-refractivity contribution in [1.29, 1.82) is 0 Å². The second kappa shape index (κ2) is 10.8. The largest absolute Gasteiger partial charge is 0.487 e. The summed E-state index contributed by atoms with van der Waals surface area (Å²) < 4.78 is 30.0. The van der Waals surface area contributed by atoms with Crippen LogP contribution < -0.4 is 10.1 Å². The molecule has 1 N–H and O–H groups in total. The fourth-order valence-corrected chi connectivity index (χ4v) is 2.71. The predicted molar refractivity (Wildman–Crippen MR) is 117 cm³/mol. The summed E-state index contributed by atoms with van der Waals surface area (Å²) in [4.78, 5) is 10.8. The van der Waals surface area contributed by atoms with Crippen molar-refractivity contribution in [3.05, 3.63) is 65.2 Å². The maximum absolute atomic E-state index is 12.8. The third-order valence-corrected chi connectivity index (χ3v) is 4.28. The third kappa shape index (κ3) is 6.93. The van der Waals surface area contributed by atoms with E-state index in [4.69, 9.17) is 33.5 Å². The van der Waals surface area contributed by atoms with Gasteiger partial charge in [0.2, 0.25) is 0 Å². The lowest BCUT2D eigenvalue weighted by Gasteiger charge is -2.12. The molecular weight excluding hydrogens is 436 g/mol. The number of ether oxygens (including phenoxy) is 1. The van der Waals surface area contributed by atoms with Crippen LogP contribution in [0.4, 0.5) is 8.78 Å². The Balaban J connectivity index is 2.17. The van der Waals surface area contributed by atoms with Crippen molar-refractivity contribution in [2.24, 2.45) is 10.3 Å². The number of hydrogen-bond acceptors (Lipinski definition) is 6. The number of rotatable bonds is 9. The van der Waals surface area contributed by atoms with Gasteiger partial charge in [-0.25, -0.2) is 0 Å². The first-order valence-corrected chi connectivity index (χ1v) is 9.48. The van der Waals surface area contributed by atoms with Crippen molar-refractivity contribution < 1.29 is 23.2 Å². The Morgan fingerprint density at radius 3 is 2.57 bits per heavy atom. The molecule has 0 aromatic heterocycles. The number of likely N-dealkylation sites (N-methyl/N-ethyl adjacent to an activating group) is 1. The average Bonchev–Trinajstić information content (AvgIpc) is 2.71. The molecule has 0 radical (unpaired) electrons. The molecule has 0 aliphatic rings. The van der Waals surface area contributed by atoms with Crippen LogP contribution in [0.15, 0.2) is 58.8 Å². The first-order chi connectivity index (χ1) is 14.2. The Morgan fingerprint density at radius 2 is 1.90 bits per heavy atom. The van der Waals surface area contributed by atoms with E-state index in [1.807, 2.05) is 24.3 Å². The van der Waals surface area contributed by atoms with E-state index in [9.17, 15) is 8.78 Å². The maximum Gasteiger partial charge on any atom is 0.487 e. The average molecular weight is 456 g/mol. The molecule has 0 amide bonds. The molecule has 2 aromatic carbocycles. The lowest BCUT2D eigenvalue weighted by atomic mass is 10.0. The number of halogens is 3. The Kier molecular flexibility index (Phi) is 8.49. The van der Waals surface area contributed by atoms with Crippen LogP contribution in [0.1, 0.15) is 23.6 Å². The number of alkyl halides is 3. The van der Waals surface area contributed by atoms with Crippen LogP contribution in [-0.2, 0) is 16.3 Å². The summed E-state index contributed by atoms with van der Waals surface area (Å²) in [6, 6.07) is 13.4. The molecule has 0 saturated carbocycles. The van der Waals surface area contributed by atoms with Gasteiger partial charge >= 0.3 is 5.57 Å². The van der Waals surface area contributed by atoms with E-state index < -0.39 is 5.57 Å². The van der Waals surface area contributed by atoms with Crippen LogP contribution in [0.5, 0.6) is 5.75 Å². The summed E-state index contributed by atoms with van der Waals surface area (Å²) in [6.07, 6.45) is 0. The van der Waals surface area contributed by atoms with Crippen molar-refractivity contribution in [3.63, 3.8) is 0 Å². The number of hydrogen-bond donors (Lipinski definition) is 1. The third-order valence-electron chi connectivity index (χ3n) is 3.80. The van der Waals surface area contributed by atoms with Gasteiger partial charge in [0.1, 0.15) is 30.2 Å². The van der Waals surface area contributed by atoms with Crippen molar-refractivity contribution in [2.75, 3.05) is 14.2 Å². The molecule has 0 unspecified atom stereocenters. The minimum absolute atomic E-state index is 0.0895. The van der Waals surface area contributed by atoms with E-state index in [0.29, 0.717) is 22.0 Å². The fraction of sp³-hybridized carbons (Fsp3) is 0.250. The van der Waals surface area contributed by atoms with Crippen LogP contribution in [0.3, 0.4) is 0 Å². The highest BCUT2D eigenvalue weighted by molar-refractivity contribution is 7.82. The standard InChI is InChI=1S/C20H20ClF2N3O3S/c1-13(14-8-6-9-16(11-14)29-20(21,22)23)25-28-12-15-7-4-5-10-17(15)18(26-27-3)19(30)24-2/h4-11H,12H2,1-3H3,(H,24,30). The molecule has 0 aliphatic carbocycles. The SMILES string of the molecule is CNC(=S)C(=NOC)c1ccccc1CON=C(C)c1cccc(OC(F)(F)Cl)c1. The van der Waals surface area contributed by atoms with Crippen LogP contribution in [0.2, 0.25) is 0 Å². The van der Waals surface area contributed by atoms with Gasteiger partial charge < -0.3 is 19.7 Å². The number of nitrogens with one attached hydrogen (secondary N) is 1. The van der Waals surface area contributed by atoms with Gasteiger partial charge in [0, 0.05) is 35.3 Å². The van der Waals surface area contributed by atoms with Crippen molar-refractivity contribution in [1.82, 2.24) is 5.32 Å². The van der Waals surface area contributed by atoms with E-state index in [1.165, 1.54) is 19.2 Å². The van der Waals surface area contributed by atoms with Crippen LogP contribution in [0.25, 0.3) is 0 Å². The molecule has 2 aromatic rings. The first-order valence-electron chi connectivity index (χ1n) is 8.69. The number of oxime groups is 2. The van der Waals surface area contributed by atoms with Gasteiger partial charge in [-0.2, -0.15) is 0 Å². The summed E-state index contributed by atoms with van der Waals surface area (Å²) in [6.45, 7) is 1.80. The fourth-order valence-electron chi connectivity index (χ4n) is 2.47. The second-order valence-corrected chi connectivity index (χ2v) is 6.73. The zero-order chi connectivity index (χ0) is 22.1. The molecule has 0 fully saturated rings. The Labute approximate surface area is 183 Å². The highest BCUT2D eigenvalue weighted by Gasteiger charge is 2.27. The highest BCUT2D eigenvalue weighted by atomic mass is 35.5. The van der Waals surface area contributed by atoms with Gasteiger partial charge in [-0.05, 0) is 19.1 Å². The normalized spacial score (nSPS) is 12.3. The molecular formula is C20H20ClF2N3O3S. The van der Waals surface area contributed by atoms with Gasteiger partial charge in [0.25, 0.3) is 0 Å². The molecule has 2 rings (SSSR count). The van der Waals surface area contributed by atoms with Crippen LogP contribution in [0, 0.1) is 0 Å². The van der Waals surface area contributed by atoms with Gasteiger partial charge in [0.15, 0.2) is 0 Å². The molecule has 0 heterocycles. The number of benzene rings is 2. The molecule has 0 atom stereocenters. The Bertz CT molecular complexity index is 949. The van der Waals surface area contributed by atoms with E-state index in [0.717, 1.165) is 11.1 Å². The van der Waals surface area contributed by atoms with Gasteiger partial charge in [-0.3, -0.25) is 0 Å². The van der Waals surface area contributed by atoms with Crippen molar-refractivity contribution in [3.8, 4) is 5.75 Å². The van der Waals surface area contributed by atoms with Crippen LogP contribution >= 0.6 is 23.8 Å². The molecule has 0 aliphatic heterocycles. The first kappa shape index (κ1) is 23.5. The maximum atomic E-state index is 12.8. The zero-order valence-electron chi connectivity index (χ0n) is 16.5. The van der Waals surface area contributed by atoms with Gasteiger partial charge in [-0.1, -0.05) is 58.9 Å². The minimum atomic E-state index is -3.79. The monoisotopic (exact) mass is 455 g/mol. The quantitative estimate of drug-likeness (QED) is 0.257. The number of thiocarbonyl (C=S) groups is 1. The van der Waals surface area contributed by atoms with Gasteiger partial charge in [0.05, 0.1) is 5.71 Å². The van der Waals surface area contributed by atoms with Crippen molar-refractivity contribution in [2.45, 2.75) is 19.1 Å². The topological polar surface area (TPSA) is 64.4 Å². The van der Waals surface area contributed by atoms with E-state index in [-0.39, 0.29) is 12.4 Å². The Hall–Kier alpha value is -2.78. The molecule has 10 heteroatoms. The molecule has 30 heavy (non-hydrogen) atoms. The molecule has 0 spiro atoms. The highest BCUT2D eigenvalue weighted by Crippen LogP contribution is 2.25. The molecule has 0 saturated heterocycles. The van der Waals surface area contributed by atoms with Crippen LogP contribution in [-0.4, -0.2) is 36.1 Å². The van der Waals surface area contributed by atoms with Crippen molar-refractivity contribution >= 4 is 40.2 Å². The summed E-state index contributed by atoms with van der Waals surface area (Å²) in [5.41, 5.74) is -0.819. The predicted octanol–water partition coefficient (Wildman–Crippen LogP) is 4.69. The molecule has 160 valence electrons. The summed E-state index contributed by atoms with van der Waals surface area (Å²) in [5.74, 6) is -0.0895. The zero-order valence-corrected chi connectivity index (χ0v) is 18.1. The lowest BCUT2D eigenvalue weighted by Crippen LogP contribution is -2.27. The summed E-state index contributed by atoms with van der Waals surface area (Å²) in [7, 11) is 3.13. The van der Waals surface area contributed by atoms with E-state index >= 15 is 0 Å². The second-order valence-electron chi connectivity index (χ2n) is 5.88. The number of nitrogens with zero attached hydrogens (tertiary/aromatic N) is 2. The van der Waals surface area contributed by atoms with E-state index in [1.54, 1.807) is 26.1 Å². The Morgan fingerprint density at radius 1 is 1.17 bits per heavy atom. The van der Waals surface area contributed by atoms with Gasteiger partial charge in [-0.15, -0.1) is 8.78 Å². The molecule has 6 nitrogen and oxygen atoms in total. The van der Waals surface area contributed by atoms with E-state index in [2.05, 4.69) is 20.4 Å². The smallest absolute Gasteiger partial charge is 0.420 e. The summed E-state index contributed by atoms with van der Waals surface area (Å²) in [5, 5.41) is 10.9. The lowest BCUT2D eigenvalue weighted by molar-refractivity contribution is -0.0964. The minimum Gasteiger partial charge on any atom is -0.420 e.